The van der Waals surface area contributed by atoms with Crippen molar-refractivity contribution in [1.82, 2.24) is 0 Å². The lowest BCUT2D eigenvalue weighted by Gasteiger charge is -2.36. The predicted molar refractivity (Wildman–Crippen MR) is 358 cm³/mol. The van der Waals surface area contributed by atoms with Gasteiger partial charge in [0.2, 0.25) is 0 Å². The zero-order valence-electron chi connectivity index (χ0n) is 47.0. The maximum Gasteiger partial charge on any atom is 0.0714 e. The van der Waals surface area contributed by atoms with Crippen molar-refractivity contribution >= 4 is 0 Å². The zero-order chi connectivity index (χ0) is 56.5. The third-order valence-electron chi connectivity index (χ3n) is 17.3. The van der Waals surface area contributed by atoms with E-state index in [0.717, 1.165) is 44.5 Å². The first-order chi connectivity index (χ1) is 42.1. The summed E-state index contributed by atoms with van der Waals surface area (Å²) in [6.07, 6.45) is 0. The minimum Gasteiger partial charge on any atom is -0.0622 e. The molecule has 1 aliphatic carbocycles. The number of rotatable bonds is 12. The monoisotopic (exact) mass is 1080 g/mol. The van der Waals surface area contributed by atoms with Gasteiger partial charge in [0.15, 0.2) is 0 Å². The van der Waals surface area contributed by atoms with Crippen LogP contribution in [0.3, 0.4) is 0 Å². The van der Waals surface area contributed by atoms with Crippen LogP contribution in [0, 0.1) is 0 Å². The van der Waals surface area contributed by atoms with Crippen molar-refractivity contribution in [3.05, 3.63) is 374 Å². The Labute approximate surface area is 499 Å². The fourth-order valence-electron chi connectivity index (χ4n) is 13.2. The largest absolute Gasteiger partial charge is 0.0714 e. The molecule has 0 amide bonds. The number of fused-ring (bicyclic) bond motifs is 3. The predicted octanol–water partition coefficient (Wildman–Crippen LogP) is 22.7. The van der Waals surface area contributed by atoms with Crippen molar-refractivity contribution < 1.29 is 0 Å². The lowest BCUT2D eigenvalue weighted by atomic mass is 9.65. The molecule has 0 spiro atoms. The maximum absolute atomic E-state index is 2.52. The molecule has 0 saturated carbocycles. The van der Waals surface area contributed by atoms with Crippen LogP contribution in [0.2, 0.25) is 0 Å². The van der Waals surface area contributed by atoms with Crippen LogP contribution >= 0.6 is 0 Å². The van der Waals surface area contributed by atoms with Crippen LogP contribution < -0.4 is 0 Å². The highest BCUT2D eigenvalue weighted by atomic mass is 14.5. The molecule has 0 N–H and O–H groups in total. The van der Waals surface area contributed by atoms with Crippen LogP contribution in [0.1, 0.15) is 22.3 Å². The van der Waals surface area contributed by atoms with Gasteiger partial charge in [-0.3, -0.25) is 0 Å². The van der Waals surface area contributed by atoms with E-state index < -0.39 is 5.41 Å². The lowest BCUT2D eigenvalue weighted by molar-refractivity contribution is 0.770. The van der Waals surface area contributed by atoms with Crippen LogP contribution in [0.4, 0.5) is 0 Å². The second-order valence-electron chi connectivity index (χ2n) is 22.4. The molecule has 85 heavy (non-hydrogen) atoms. The van der Waals surface area contributed by atoms with E-state index in [4.69, 9.17) is 0 Å². The number of hydrogen-bond acceptors (Lipinski definition) is 0. The highest BCUT2D eigenvalue weighted by Gasteiger charge is 2.48. The van der Waals surface area contributed by atoms with Crippen LogP contribution in [-0.4, -0.2) is 0 Å². The van der Waals surface area contributed by atoms with E-state index in [1.54, 1.807) is 0 Å². The molecular formula is C85H58. The molecule has 0 saturated heterocycles. The second kappa shape index (κ2) is 22.1. The Hall–Kier alpha value is -10.9. The fraction of sp³-hybridized carbons (Fsp3) is 0.0118. The SMILES string of the molecule is c1ccc(-c2cccc(-c3cc(-c4cccc(-c5ccccc5)c4)cc(C4(c5cc(-c6cccc(-c7ccccc7)c6)cc(-c6cccc(-c7ccccc7)c6)c5)c5cc(-c6ccccc6)ccc5-c5c(-c6ccccc6)cccc54)c3)c2)cc1. The lowest BCUT2D eigenvalue weighted by Crippen LogP contribution is -2.29. The van der Waals surface area contributed by atoms with Crippen LogP contribution in [0.5, 0.6) is 0 Å². The minimum atomic E-state index is -0.891. The third-order valence-corrected chi connectivity index (χ3v) is 17.3. The molecule has 0 nitrogen and oxygen atoms in total. The average molecular weight is 1080 g/mol. The quantitative estimate of drug-likeness (QED) is 0.114. The van der Waals surface area contributed by atoms with E-state index >= 15 is 0 Å². The number of hydrogen-bond donors (Lipinski definition) is 0. The number of benzene rings is 14. The van der Waals surface area contributed by atoms with Gasteiger partial charge in [-0.2, -0.15) is 0 Å². The van der Waals surface area contributed by atoms with Crippen LogP contribution in [0.25, 0.3) is 122 Å². The maximum atomic E-state index is 2.52. The van der Waals surface area contributed by atoms with Gasteiger partial charge in [-0.25, -0.2) is 0 Å². The Balaban J connectivity index is 1.09. The highest BCUT2D eigenvalue weighted by Crippen LogP contribution is 2.60. The summed E-state index contributed by atoms with van der Waals surface area (Å²) in [5.74, 6) is 0. The van der Waals surface area contributed by atoms with Gasteiger partial charge in [-0.15, -0.1) is 0 Å². The Bertz CT molecular complexity index is 4300. The average Bonchev–Trinajstić information content (AvgIpc) is 1.65. The van der Waals surface area contributed by atoms with Gasteiger partial charge in [0.25, 0.3) is 0 Å². The van der Waals surface area contributed by atoms with Crippen molar-refractivity contribution in [2.75, 3.05) is 0 Å². The summed E-state index contributed by atoms with van der Waals surface area (Å²) in [6.45, 7) is 0. The Morgan fingerprint density at radius 2 is 0.400 bits per heavy atom. The van der Waals surface area contributed by atoms with Gasteiger partial charge in [-0.1, -0.05) is 285 Å². The van der Waals surface area contributed by atoms with E-state index in [1.807, 2.05) is 0 Å². The molecule has 0 unspecified atom stereocenters. The summed E-state index contributed by atoms with van der Waals surface area (Å²) in [4.78, 5) is 0. The first kappa shape index (κ1) is 51.0. The molecule has 0 heterocycles. The van der Waals surface area contributed by atoms with Crippen molar-refractivity contribution in [3.8, 4) is 122 Å². The second-order valence-corrected chi connectivity index (χ2v) is 22.4. The molecule has 14 aromatic rings. The van der Waals surface area contributed by atoms with E-state index in [9.17, 15) is 0 Å². The van der Waals surface area contributed by atoms with Gasteiger partial charge in [-0.05, 0) is 211 Å². The molecule has 0 aliphatic heterocycles. The van der Waals surface area contributed by atoms with E-state index in [0.29, 0.717) is 0 Å². The summed E-state index contributed by atoms with van der Waals surface area (Å²) < 4.78 is 0. The summed E-state index contributed by atoms with van der Waals surface area (Å²) >= 11 is 0. The topological polar surface area (TPSA) is 0 Å². The molecule has 1 aliphatic rings. The summed E-state index contributed by atoms with van der Waals surface area (Å²) in [5, 5.41) is 0. The molecule has 14 aromatic carbocycles. The van der Waals surface area contributed by atoms with Crippen LogP contribution in [-0.2, 0) is 5.41 Å². The molecule has 0 bridgehead atoms. The van der Waals surface area contributed by atoms with E-state index in [2.05, 4.69) is 352 Å². The first-order valence-electron chi connectivity index (χ1n) is 29.4. The molecule has 0 aromatic heterocycles. The highest BCUT2D eigenvalue weighted by molar-refractivity contribution is 5.98. The molecular weight excluding hydrogens is 1020 g/mol. The fourth-order valence-corrected chi connectivity index (χ4v) is 13.2. The summed E-state index contributed by atoms with van der Waals surface area (Å²) in [7, 11) is 0. The standard InChI is InChI=1S/C85H58/c1-7-24-59(25-8-1)65-36-19-40-69(48-65)74-52-75(70-41-20-37-66(49-70)60-26-9-2-10-27-60)55-78(54-74)85(82-45-23-44-80(64-34-17-6-18-35-64)84(82)81-47-46-73(58-83(81)85)63-32-15-5-16-33-63)79-56-76(71-42-21-38-67(50-71)61-28-11-3-12-29-61)53-77(57-79)72-43-22-39-68(51-72)62-30-13-4-14-31-62/h1-58H. The molecule has 0 radical (unpaired) electrons. The van der Waals surface area contributed by atoms with Crippen LogP contribution in [0.15, 0.2) is 352 Å². The van der Waals surface area contributed by atoms with Gasteiger partial charge >= 0.3 is 0 Å². The van der Waals surface area contributed by atoms with Gasteiger partial charge < -0.3 is 0 Å². The molecule has 398 valence electrons. The van der Waals surface area contributed by atoms with Gasteiger partial charge in [0.1, 0.15) is 0 Å². The normalized spacial score (nSPS) is 12.1. The van der Waals surface area contributed by atoms with E-state index in [-0.39, 0.29) is 0 Å². The molecule has 0 fully saturated rings. The molecule has 0 atom stereocenters. The minimum absolute atomic E-state index is 0.891. The van der Waals surface area contributed by atoms with Gasteiger partial charge in [0, 0.05) is 0 Å². The zero-order valence-corrected chi connectivity index (χ0v) is 47.0. The third kappa shape index (κ3) is 9.60. The Morgan fingerprint density at radius 3 is 0.729 bits per heavy atom. The summed E-state index contributed by atoms with van der Waals surface area (Å²) in [6, 6.07) is 131. The van der Waals surface area contributed by atoms with E-state index in [1.165, 1.54) is 100 Å². The smallest absolute Gasteiger partial charge is 0.0622 e. The molecule has 0 heteroatoms. The van der Waals surface area contributed by atoms with Crippen molar-refractivity contribution in [1.29, 1.82) is 0 Å². The Kier molecular flexibility index (Phi) is 13.3. The molecule has 15 rings (SSSR count). The van der Waals surface area contributed by atoms with Crippen molar-refractivity contribution in [2.45, 2.75) is 5.41 Å². The van der Waals surface area contributed by atoms with Crippen molar-refractivity contribution in [2.24, 2.45) is 0 Å². The Morgan fingerprint density at radius 1 is 0.141 bits per heavy atom. The van der Waals surface area contributed by atoms with Crippen molar-refractivity contribution in [3.63, 3.8) is 0 Å². The summed E-state index contributed by atoms with van der Waals surface area (Å²) in [5.41, 5.74) is 29.8. The van der Waals surface area contributed by atoms with Gasteiger partial charge in [0.05, 0.1) is 5.41 Å². The first-order valence-corrected chi connectivity index (χ1v) is 29.4.